The van der Waals surface area contributed by atoms with Crippen LogP contribution in [0.15, 0.2) is 0 Å². The summed E-state index contributed by atoms with van der Waals surface area (Å²) in [7, 11) is 0. The molecule has 1 rings (SSSR count). The summed E-state index contributed by atoms with van der Waals surface area (Å²) >= 11 is 0. The molecule has 98 valence electrons. The molecule has 0 aromatic heterocycles. The summed E-state index contributed by atoms with van der Waals surface area (Å²) in [5.41, 5.74) is 0.0333. The van der Waals surface area contributed by atoms with Crippen molar-refractivity contribution in [3.05, 3.63) is 0 Å². The van der Waals surface area contributed by atoms with E-state index in [0.29, 0.717) is 0 Å². The molecule has 17 heavy (non-hydrogen) atoms. The van der Waals surface area contributed by atoms with E-state index in [1.807, 2.05) is 0 Å². The zero-order chi connectivity index (χ0) is 12.7. The third kappa shape index (κ3) is 4.69. The number of ether oxygens (including phenoxy) is 2. The van der Waals surface area contributed by atoms with Crippen molar-refractivity contribution >= 4 is 0 Å². The molecule has 1 fully saturated rings. The number of hydrogen-bond donors (Lipinski definition) is 0. The van der Waals surface area contributed by atoms with Crippen LogP contribution in [0.5, 0.6) is 0 Å². The largest absolute Gasteiger partial charge is 0.353 e. The van der Waals surface area contributed by atoms with Gasteiger partial charge in [-0.2, -0.15) is 0 Å². The fraction of sp³-hybridized carbons (Fsp3) is 0.867. The predicted molar refractivity (Wildman–Crippen MR) is 70.6 cm³/mol. The first kappa shape index (κ1) is 14.5. The first-order chi connectivity index (χ1) is 8.10. The molecule has 0 amide bonds. The van der Waals surface area contributed by atoms with Gasteiger partial charge in [-0.1, -0.05) is 39.5 Å². The Hall–Kier alpha value is -0.520. The molecule has 0 saturated carbocycles. The highest BCUT2D eigenvalue weighted by Gasteiger charge is 2.31. The molecule has 0 aliphatic carbocycles. The predicted octanol–water partition coefficient (Wildman–Crippen LogP) is 3.75. The van der Waals surface area contributed by atoms with E-state index in [2.05, 4.69) is 26.7 Å². The maximum absolute atomic E-state index is 5.94. The van der Waals surface area contributed by atoms with Crippen LogP contribution in [-0.2, 0) is 9.47 Å². The first-order valence-electron chi connectivity index (χ1n) is 6.83. The quantitative estimate of drug-likeness (QED) is 0.656. The van der Waals surface area contributed by atoms with Gasteiger partial charge in [-0.15, -0.1) is 6.42 Å². The third-order valence-corrected chi connectivity index (χ3v) is 3.46. The minimum absolute atomic E-state index is 0.0333. The summed E-state index contributed by atoms with van der Waals surface area (Å²) in [6.45, 7) is 7.38. The van der Waals surface area contributed by atoms with E-state index in [1.54, 1.807) is 0 Å². The van der Waals surface area contributed by atoms with Crippen LogP contribution in [-0.4, -0.2) is 19.0 Å². The standard InChI is InChI=1S/C15H26O2/c1-5-7-11-15(3,4)13(6-2)17-14-10-8-9-12-16-14/h2,13-14H,5,7-12H2,1,3-4H3. The highest BCUT2D eigenvalue weighted by molar-refractivity contribution is 5.02. The van der Waals surface area contributed by atoms with Gasteiger partial charge in [0.2, 0.25) is 0 Å². The van der Waals surface area contributed by atoms with Gasteiger partial charge < -0.3 is 9.47 Å². The molecule has 2 unspecified atom stereocenters. The van der Waals surface area contributed by atoms with Crippen LogP contribution < -0.4 is 0 Å². The monoisotopic (exact) mass is 238 g/mol. The van der Waals surface area contributed by atoms with Crippen LogP contribution in [0, 0.1) is 17.8 Å². The fourth-order valence-electron chi connectivity index (χ4n) is 2.18. The van der Waals surface area contributed by atoms with Crippen LogP contribution in [0.25, 0.3) is 0 Å². The molecular formula is C15H26O2. The Morgan fingerprint density at radius 2 is 2.24 bits per heavy atom. The fourth-order valence-corrected chi connectivity index (χ4v) is 2.18. The van der Waals surface area contributed by atoms with Crippen LogP contribution in [0.4, 0.5) is 0 Å². The Labute approximate surface area is 106 Å². The van der Waals surface area contributed by atoms with Gasteiger partial charge in [0.25, 0.3) is 0 Å². The summed E-state index contributed by atoms with van der Waals surface area (Å²) in [4.78, 5) is 0. The molecule has 1 heterocycles. The molecule has 1 saturated heterocycles. The number of hydrogen-bond acceptors (Lipinski definition) is 2. The van der Waals surface area contributed by atoms with Crippen molar-refractivity contribution in [2.45, 2.75) is 71.7 Å². The maximum atomic E-state index is 5.94. The van der Waals surface area contributed by atoms with E-state index in [0.717, 1.165) is 25.9 Å². The van der Waals surface area contributed by atoms with Crippen molar-refractivity contribution < 1.29 is 9.47 Å². The Morgan fingerprint density at radius 3 is 2.76 bits per heavy atom. The second kappa shape index (κ2) is 7.03. The topological polar surface area (TPSA) is 18.5 Å². The van der Waals surface area contributed by atoms with Gasteiger partial charge in [0.1, 0.15) is 6.10 Å². The maximum Gasteiger partial charge on any atom is 0.159 e. The molecule has 0 bridgehead atoms. The highest BCUT2D eigenvalue weighted by Crippen LogP contribution is 2.31. The minimum Gasteiger partial charge on any atom is -0.353 e. The second-order valence-electron chi connectivity index (χ2n) is 5.57. The van der Waals surface area contributed by atoms with E-state index >= 15 is 0 Å². The van der Waals surface area contributed by atoms with E-state index in [1.165, 1.54) is 19.3 Å². The van der Waals surface area contributed by atoms with Crippen molar-refractivity contribution in [1.82, 2.24) is 0 Å². The zero-order valence-corrected chi connectivity index (χ0v) is 11.5. The Morgan fingerprint density at radius 1 is 1.47 bits per heavy atom. The van der Waals surface area contributed by atoms with Gasteiger partial charge in [0, 0.05) is 12.0 Å². The van der Waals surface area contributed by atoms with Crippen LogP contribution >= 0.6 is 0 Å². The van der Waals surface area contributed by atoms with Gasteiger partial charge >= 0.3 is 0 Å². The van der Waals surface area contributed by atoms with Crippen LogP contribution in [0.1, 0.15) is 59.3 Å². The minimum atomic E-state index is -0.142. The summed E-state index contributed by atoms with van der Waals surface area (Å²) in [5, 5.41) is 0. The lowest BCUT2D eigenvalue weighted by molar-refractivity contribution is -0.195. The molecule has 0 N–H and O–H groups in total. The van der Waals surface area contributed by atoms with Crippen molar-refractivity contribution in [3.63, 3.8) is 0 Å². The van der Waals surface area contributed by atoms with E-state index in [4.69, 9.17) is 15.9 Å². The molecule has 1 aliphatic heterocycles. The van der Waals surface area contributed by atoms with Crippen molar-refractivity contribution in [2.24, 2.45) is 5.41 Å². The van der Waals surface area contributed by atoms with Gasteiger partial charge in [-0.3, -0.25) is 0 Å². The van der Waals surface area contributed by atoms with Gasteiger partial charge in [0.05, 0.1) is 0 Å². The summed E-state index contributed by atoms with van der Waals surface area (Å²) in [6, 6.07) is 0. The smallest absolute Gasteiger partial charge is 0.159 e. The van der Waals surface area contributed by atoms with Crippen LogP contribution in [0.2, 0.25) is 0 Å². The van der Waals surface area contributed by atoms with Gasteiger partial charge in [-0.25, -0.2) is 0 Å². The number of unbranched alkanes of at least 4 members (excludes halogenated alkanes) is 1. The highest BCUT2D eigenvalue weighted by atomic mass is 16.7. The van der Waals surface area contributed by atoms with E-state index in [9.17, 15) is 0 Å². The van der Waals surface area contributed by atoms with Crippen molar-refractivity contribution in [2.75, 3.05) is 6.61 Å². The Bertz CT molecular complexity index is 246. The van der Waals surface area contributed by atoms with Crippen LogP contribution in [0.3, 0.4) is 0 Å². The average molecular weight is 238 g/mol. The molecule has 0 aromatic carbocycles. The molecular weight excluding hydrogens is 212 g/mol. The summed E-state index contributed by atoms with van der Waals surface area (Å²) < 4.78 is 11.5. The summed E-state index contributed by atoms with van der Waals surface area (Å²) in [5.74, 6) is 2.80. The lowest BCUT2D eigenvalue weighted by Crippen LogP contribution is -2.36. The van der Waals surface area contributed by atoms with E-state index in [-0.39, 0.29) is 17.8 Å². The Balaban J connectivity index is 2.48. The molecule has 0 aromatic rings. The molecule has 2 heteroatoms. The SMILES string of the molecule is C#CC(OC1CCCCO1)C(C)(C)CCCC. The van der Waals surface area contributed by atoms with Crippen molar-refractivity contribution in [1.29, 1.82) is 0 Å². The van der Waals surface area contributed by atoms with E-state index < -0.39 is 0 Å². The lowest BCUT2D eigenvalue weighted by atomic mass is 9.81. The molecule has 2 atom stereocenters. The van der Waals surface area contributed by atoms with Crippen molar-refractivity contribution in [3.8, 4) is 12.3 Å². The Kier molecular flexibility index (Phi) is 6.02. The summed E-state index contributed by atoms with van der Waals surface area (Å²) in [6.07, 6.45) is 12.2. The molecule has 0 spiro atoms. The first-order valence-corrected chi connectivity index (χ1v) is 6.83. The lowest BCUT2D eigenvalue weighted by Gasteiger charge is -2.34. The number of rotatable bonds is 6. The zero-order valence-electron chi connectivity index (χ0n) is 11.5. The molecule has 1 aliphatic rings. The normalized spacial score (nSPS) is 23.1. The number of terminal acetylenes is 1. The van der Waals surface area contributed by atoms with Gasteiger partial charge in [-0.05, 0) is 25.7 Å². The molecule has 0 radical (unpaired) electrons. The second-order valence-corrected chi connectivity index (χ2v) is 5.57. The van der Waals surface area contributed by atoms with Gasteiger partial charge in [0.15, 0.2) is 6.29 Å². The molecule has 2 nitrogen and oxygen atoms in total. The average Bonchev–Trinajstić information content (AvgIpc) is 2.34. The third-order valence-electron chi connectivity index (χ3n) is 3.46.